The minimum atomic E-state index is -0.0393. The number of ether oxygens (including phenoxy) is 2. The van der Waals surface area contributed by atoms with E-state index >= 15 is 0 Å². The zero-order valence-corrected chi connectivity index (χ0v) is 17.6. The lowest BCUT2D eigenvalue weighted by Gasteiger charge is -2.26. The van der Waals surface area contributed by atoms with Gasteiger partial charge in [-0.1, -0.05) is 29.8 Å². The Morgan fingerprint density at radius 3 is 2.73 bits per heavy atom. The van der Waals surface area contributed by atoms with Crippen LogP contribution in [-0.2, 0) is 0 Å². The van der Waals surface area contributed by atoms with E-state index in [0.717, 1.165) is 24.0 Å². The number of rotatable bonds is 5. The van der Waals surface area contributed by atoms with Crippen molar-refractivity contribution >= 4 is 17.5 Å². The Bertz CT molecular complexity index is 1070. The normalized spacial score (nSPS) is 15.8. The third-order valence-electron chi connectivity index (χ3n) is 5.32. The van der Waals surface area contributed by atoms with E-state index in [1.807, 2.05) is 35.2 Å². The van der Waals surface area contributed by atoms with Gasteiger partial charge in [-0.25, -0.2) is 4.98 Å². The van der Waals surface area contributed by atoms with Crippen molar-refractivity contribution in [2.75, 3.05) is 20.8 Å². The first-order valence-corrected chi connectivity index (χ1v) is 10.1. The van der Waals surface area contributed by atoms with Gasteiger partial charge in [-0.05, 0) is 48.7 Å². The number of halogens is 1. The molecule has 154 valence electrons. The van der Waals surface area contributed by atoms with Gasteiger partial charge >= 0.3 is 6.01 Å². The Morgan fingerprint density at radius 2 is 1.97 bits per heavy atom. The second-order valence-corrected chi connectivity index (χ2v) is 7.43. The first kappa shape index (κ1) is 20.2. The molecule has 0 aliphatic carbocycles. The molecule has 7 heteroatoms. The molecule has 4 rings (SSSR count). The molecule has 1 fully saturated rings. The lowest BCUT2D eigenvalue weighted by molar-refractivity contribution is 0.0735. The first-order valence-electron chi connectivity index (χ1n) is 9.73. The zero-order valence-electron chi connectivity index (χ0n) is 16.8. The van der Waals surface area contributed by atoms with Crippen molar-refractivity contribution in [3.63, 3.8) is 0 Å². The highest BCUT2D eigenvalue weighted by Gasteiger charge is 2.32. The highest BCUT2D eigenvalue weighted by molar-refractivity contribution is 6.31. The number of methoxy groups -OCH3 is 2. The molecule has 3 aromatic rings. The van der Waals surface area contributed by atoms with Gasteiger partial charge in [0.2, 0.25) is 0 Å². The largest absolute Gasteiger partial charge is 0.496 e. The molecule has 1 saturated heterocycles. The number of carbonyl (C=O) groups excluding carboxylic acids is 1. The lowest BCUT2D eigenvalue weighted by atomic mass is 10.0. The summed E-state index contributed by atoms with van der Waals surface area (Å²) >= 11 is 6.40. The van der Waals surface area contributed by atoms with Crippen molar-refractivity contribution < 1.29 is 14.3 Å². The van der Waals surface area contributed by atoms with Gasteiger partial charge in [0.25, 0.3) is 5.91 Å². The van der Waals surface area contributed by atoms with Crippen LogP contribution in [0.1, 0.15) is 34.8 Å². The molecule has 0 spiro atoms. The van der Waals surface area contributed by atoms with Gasteiger partial charge in [-0.2, -0.15) is 4.98 Å². The molecule has 6 nitrogen and oxygen atoms in total. The van der Waals surface area contributed by atoms with Crippen LogP contribution < -0.4 is 9.47 Å². The Morgan fingerprint density at radius 1 is 1.13 bits per heavy atom. The quantitative estimate of drug-likeness (QED) is 0.590. The Kier molecular flexibility index (Phi) is 5.86. The Hall–Kier alpha value is -3.12. The summed E-state index contributed by atoms with van der Waals surface area (Å²) in [5.41, 5.74) is 2.98. The first-order chi connectivity index (χ1) is 14.6. The zero-order chi connectivity index (χ0) is 21.1. The number of nitrogens with zero attached hydrogens (tertiary/aromatic N) is 3. The van der Waals surface area contributed by atoms with Crippen LogP contribution in [0.25, 0.3) is 11.3 Å². The maximum Gasteiger partial charge on any atom is 0.316 e. The summed E-state index contributed by atoms with van der Waals surface area (Å²) in [6, 6.07) is 15.1. The summed E-state index contributed by atoms with van der Waals surface area (Å²) < 4.78 is 10.7. The third-order valence-corrected chi connectivity index (χ3v) is 5.66. The molecule has 1 aliphatic rings. The maximum absolute atomic E-state index is 13.3. The molecule has 0 bridgehead atoms. The fourth-order valence-electron chi connectivity index (χ4n) is 3.87. The molecule has 0 unspecified atom stereocenters. The van der Waals surface area contributed by atoms with E-state index < -0.39 is 0 Å². The average molecular weight is 424 g/mol. The maximum atomic E-state index is 13.3. The van der Waals surface area contributed by atoms with E-state index in [-0.39, 0.29) is 18.0 Å². The minimum Gasteiger partial charge on any atom is -0.496 e. The molecular weight excluding hydrogens is 402 g/mol. The molecule has 2 aromatic carbocycles. The highest BCUT2D eigenvalue weighted by atomic mass is 35.5. The molecule has 1 amide bonds. The van der Waals surface area contributed by atoms with E-state index in [0.29, 0.717) is 28.6 Å². The molecule has 1 aromatic heterocycles. The fraction of sp³-hybridized carbons (Fsp3) is 0.261. The lowest BCUT2D eigenvalue weighted by Crippen LogP contribution is -2.30. The molecule has 0 N–H and O–H groups in total. The minimum absolute atomic E-state index is 0.0250. The van der Waals surface area contributed by atoms with Crippen LogP contribution in [0.5, 0.6) is 11.8 Å². The Balaban J connectivity index is 1.65. The monoisotopic (exact) mass is 423 g/mol. The van der Waals surface area contributed by atoms with Gasteiger partial charge in [0.15, 0.2) is 0 Å². The van der Waals surface area contributed by atoms with Crippen molar-refractivity contribution in [1.82, 2.24) is 14.9 Å². The molecule has 0 radical (unpaired) electrons. The molecule has 1 atom stereocenters. The molecule has 0 saturated carbocycles. The summed E-state index contributed by atoms with van der Waals surface area (Å²) in [6.07, 6.45) is 3.46. The summed E-state index contributed by atoms with van der Waals surface area (Å²) in [4.78, 5) is 23.6. The number of hydrogen-bond acceptors (Lipinski definition) is 5. The van der Waals surface area contributed by atoms with Crippen molar-refractivity contribution in [1.29, 1.82) is 0 Å². The summed E-state index contributed by atoms with van der Waals surface area (Å²) in [6.45, 7) is 0.696. The molecular formula is C23H22ClN3O3. The van der Waals surface area contributed by atoms with Crippen molar-refractivity contribution in [2.24, 2.45) is 0 Å². The number of amides is 1. The van der Waals surface area contributed by atoms with Crippen molar-refractivity contribution in [3.8, 4) is 23.0 Å². The summed E-state index contributed by atoms with van der Waals surface area (Å²) in [7, 11) is 3.09. The van der Waals surface area contributed by atoms with Gasteiger partial charge in [-0.3, -0.25) is 4.79 Å². The van der Waals surface area contributed by atoms with Crippen LogP contribution in [0.2, 0.25) is 5.02 Å². The van der Waals surface area contributed by atoms with E-state index in [4.69, 9.17) is 21.1 Å². The summed E-state index contributed by atoms with van der Waals surface area (Å²) in [5.74, 6) is 0.526. The smallest absolute Gasteiger partial charge is 0.316 e. The van der Waals surface area contributed by atoms with Crippen LogP contribution in [-0.4, -0.2) is 41.5 Å². The summed E-state index contributed by atoms with van der Waals surface area (Å²) in [5, 5.41) is 0.688. The number of hydrogen-bond donors (Lipinski definition) is 0. The number of benzene rings is 2. The predicted molar refractivity (Wildman–Crippen MR) is 115 cm³/mol. The van der Waals surface area contributed by atoms with Crippen LogP contribution >= 0.6 is 11.6 Å². The van der Waals surface area contributed by atoms with Gasteiger partial charge in [0.1, 0.15) is 5.75 Å². The van der Waals surface area contributed by atoms with E-state index in [9.17, 15) is 4.79 Å². The number of likely N-dealkylation sites (tertiary alicyclic amines) is 1. The van der Waals surface area contributed by atoms with Gasteiger partial charge in [0, 0.05) is 28.9 Å². The van der Waals surface area contributed by atoms with Gasteiger partial charge in [-0.15, -0.1) is 0 Å². The van der Waals surface area contributed by atoms with E-state index in [2.05, 4.69) is 9.97 Å². The van der Waals surface area contributed by atoms with Crippen molar-refractivity contribution in [3.05, 3.63) is 70.9 Å². The predicted octanol–water partition coefficient (Wildman–Crippen LogP) is 4.79. The van der Waals surface area contributed by atoms with Crippen LogP contribution in [0, 0.1) is 0 Å². The van der Waals surface area contributed by atoms with E-state index in [1.54, 1.807) is 31.5 Å². The second kappa shape index (κ2) is 8.71. The standard InChI is InChI=1S/C23H22ClN3O3/c1-29-21-14-15(9-10-17(21)19-11-12-25-23(26-19)30-2)22(28)27-13-5-8-20(27)16-6-3-4-7-18(16)24/h3-4,6-7,9-12,14,20H,5,8,13H2,1-2H3/t20-/m1/s1. The van der Waals surface area contributed by atoms with Crippen LogP contribution in [0.4, 0.5) is 0 Å². The molecule has 2 heterocycles. The second-order valence-electron chi connectivity index (χ2n) is 7.02. The SMILES string of the molecule is COc1nccc(-c2ccc(C(=O)N3CCC[C@@H]3c3ccccc3Cl)cc2OC)n1. The molecule has 30 heavy (non-hydrogen) atoms. The van der Waals surface area contributed by atoms with Gasteiger partial charge < -0.3 is 14.4 Å². The number of aromatic nitrogens is 2. The van der Waals surface area contributed by atoms with Crippen LogP contribution in [0.3, 0.4) is 0 Å². The van der Waals surface area contributed by atoms with Crippen LogP contribution in [0.15, 0.2) is 54.7 Å². The Labute approximate surface area is 180 Å². The fourth-order valence-corrected chi connectivity index (χ4v) is 4.13. The van der Waals surface area contributed by atoms with Gasteiger partial charge in [0.05, 0.1) is 26.0 Å². The molecule has 1 aliphatic heterocycles. The van der Waals surface area contributed by atoms with E-state index in [1.165, 1.54) is 7.11 Å². The third kappa shape index (κ3) is 3.83. The highest BCUT2D eigenvalue weighted by Crippen LogP contribution is 2.37. The number of carbonyl (C=O) groups is 1. The topological polar surface area (TPSA) is 64.5 Å². The van der Waals surface area contributed by atoms with Crippen molar-refractivity contribution in [2.45, 2.75) is 18.9 Å². The average Bonchev–Trinajstić information content (AvgIpc) is 3.28.